The van der Waals surface area contributed by atoms with Gasteiger partial charge in [-0.15, -0.1) is 5.10 Å². The topological polar surface area (TPSA) is 61.6 Å². The van der Waals surface area contributed by atoms with E-state index in [1.54, 1.807) is 0 Å². The molecular formula is C9H12N4. The van der Waals surface area contributed by atoms with E-state index in [2.05, 4.69) is 29.4 Å². The van der Waals surface area contributed by atoms with Crippen molar-refractivity contribution < 1.29 is 0 Å². The van der Waals surface area contributed by atoms with E-state index in [1.807, 2.05) is 18.2 Å². The molecule has 0 aromatic carbocycles. The Kier molecular flexibility index (Phi) is 3.21. The Bertz CT molecular complexity index is 296. The Morgan fingerprint density at radius 3 is 2.69 bits per heavy atom. The number of hydrogen-bond acceptors (Lipinski definition) is 4. The van der Waals surface area contributed by atoms with Crippen molar-refractivity contribution in [3.8, 4) is 6.07 Å². The number of rotatable bonds is 3. The van der Waals surface area contributed by atoms with Crippen LogP contribution in [-0.2, 0) is 0 Å². The summed E-state index contributed by atoms with van der Waals surface area (Å²) in [6.45, 7) is 4.38. The number of anilines is 1. The highest BCUT2D eigenvalue weighted by Gasteiger charge is 2.00. The lowest BCUT2D eigenvalue weighted by Gasteiger charge is -2.03. The van der Waals surface area contributed by atoms with Gasteiger partial charge in [-0.05, 0) is 18.1 Å². The van der Waals surface area contributed by atoms with Crippen molar-refractivity contribution in [2.45, 2.75) is 19.8 Å². The van der Waals surface area contributed by atoms with Crippen molar-refractivity contribution >= 4 is 5.82 Å². The Morgan fingerprint density at radius 1 is 1.46 bits per heavy atom. The van der Waals surface area contributed by atoms with Gasteiger partial charge < -0.3 is 5.32 Å². The summed E-state index contributed by atoms with van der Waals surface area (Å²) >= 11 is 0. The molecule has 0 saturated carbocycles. The summed E-state index contributed by atoms with van der Waals surface area (Å²) in [5, 5.41) is 19.1. The van der Waals surface area contributed by atoms with Crippen LogP contribution in [0.1, 0.15) is 25.5 Å². The quantitative estimate of drug-likeness (QED) is 0.709. The predicted octanol–water partition coefficient (Wildman–Crippen LogP) is 1.54. The first-order chi connectivity index (χ1) is 6.24. The highest BCUT2D eigenvalue weighted by atomic mass is 15.2. The molecule has 68 valence electrons. The molecular weight excluding hydrogens is 164 g/mol. The summed E-state index contributed by atoms with van der Waals surface area (Å²) in [6.07, 6.45) is 0. The molecule has 0 radical (unpaired) electrons. The van der Waals surface area contributed by atoms with E-state index in [4.69, 9.17) is 5.26 Å². The molecule has 0 aliphatic rings. The molecule has 4 heteroatoms. The van der Waals surface area contributed by atoms with E-state index in [-0.39, 0.29) is 6.54 Å². The molecule has 0 spiro atoms. The molecule has 0 bridgehead atoms. The van der Waals surface area contributed by atoms with E-state index in [0.717, 1.165) is 5.69 Å². The van der Waals surface area contributed by atoms with Crippen LogP contribution in [0.2, 0.25) is 0 Å². The van der Waals surface area contributed by atoms with Crippen LogP contribution in [0.5, 0.6) is 0 Å². The third-order valence-electron chi connectivity index (χ3n) is 1.63. The van der Waals surface area contributed by atoms with Crippen molar-refractivity contribution in [2.75, 3.05) is 11.9 Å². The Morgan fingerprint density at radius 2 is 2.23 bits per heavy atom. The van der Waals surface area contributed by atoms with Gasteiger partial charge in [-0.1, -0.05) is 13.8 Å². The number of aromatic nitrogens is 2. The Hall–Kier alpha value is -1.63. The lowest BCUT2D eigenvalue weighted by atomic mass is 10.1. The second-order valence-corrected chi connectivity index (χ2v) is 3.01. The van der Waals surface area contributed by atoms with Crippen molar-refractivity contribution in [2.24, 2.45) is 0 Å². The first-order valence-corrected chi connectivity index (χ1v) is 4.18. The van der Waals surface area contributed by atoms with Crippen LogP contribution in [0.25, 0.3) is 0 Å². The van der Waals surface area contributed by atoms with Crippen LogP contribution in [0.15, 0.2) is 12.1 Å². The van der Waals surface area contributed by atoms with Gasteiger partial charge in [-0.3, -0.25) is 0 Å². The smallest absolute Gasteiger partial charge is 0.149 e. The lowest BCUT2D eigenvalue weighted by molar-refractivity contribution is 0.786. The number of nitrogens with zero attached hydrogens (tertiary/aromatic N) is 3. The zero-order valence-electron chi connectivity index (χ0n) is 7.78. The number of hydrogen-bond donors (Lipinski definition) is 1. The maximum absolute atomic E-state index is 8.31. The van der Waals surface area contributed by atoms with Crippen LogP contribution < -0.4 is 5.32 Å². The van der Waals surface area contributed by atoms with Crippen LogP contribution >= 0.6 is 0 Å². The highest BCUT2D eigenvalue weighted by Crippen LogP contribution is 2.10. The molecule has 4 nitrogen and oxygen atoms in total. The molecule has 1 aromatic rings. The summed E-state index contributed by atoms with van der Waals surface area (Å²) < 4.78 is 0. The SMILES string of the molecule is CC(C)c1ccc(NCC#N)nn1. The number of nitrogens with one attached hydrogen (secondary N) is 1. The fraction of sp³-hybridized carbons (Fsp3) is 0.444. The average Bonchev–Trinajstić information content (AvgIpc) is 2.15. The Labute approximate surface area is 77.6 Å². The monoisotopic (exact) mass is 176 g/mol. The zero-order valence-corrected chi connectivity index (χ0v) is 7.78. The summed E-state index contributed by atoms with van der Waals surface area (Å²) in [6, 6.07) is 5.72. The van der Waals surface area contributed by atoms with Gasteiger partial charge in [-0.2, -0.15) is 10.4 Å². The van der Waals surface area contributed by atoms with Crippen molar-refractivity contribution in [3.05, 3.63) is 17.8 Å². The standard InChI is InChI=1S/C9H12N4/c1-7(2)8-3-4-9(13-12-8)11-6-5-10/h3-4,7H,6H2,1-2H3,(H,11,13). The minimum absolute atomic E-state index is 0.260. The van der Waals surface area contributed by atoms with Crippen LogP contribution in [0.4, 0.5) is 5.82 Å². The van der Waals surface area contributed by atoms with Crippen LogP contribution in [0, 0.1) is 11.3 Å². The first kappa shape index (κ1) is 9.46. The van der Waals surface area contributed by atoms with E-state index in [0.29, 0.717) is 11.7 Å². The maximum atomic E-state index is 8.31. The van der Waals surface area contributed by atoms with Gasteiger partial charge in [0.2, 0.25) is 0 Å². The zero-order chi connectivity index (χ0) is 9.68. The summed E-state index contributed by atoms with van der Waals surface area (Å²) in [4.78, 5) is 0. The van der Waals surface area contributed by atoms with Crippen molar-refractivity contribution in [1.82, 2.24) is 10.2 Å². The van der Waals surface area contributed by atoms with Gasteiger partial charge in [-0.25, -0.2) is 0 Å². The highest BCUT2D eigenvalue weighted by molar-refractivity contribution is 5.34. The molecule has 1 aromatic heterocycles. The van der Waals surface area contributed by atoms with Crippen LogP contribution in [-0.4, -0.2) is 16.7 Å². The third kappa shape index (κ3) is 2.71. The van der Waals surface area contributed by atoms with Crippen molar-refractivity contribution in [1.29, 1.82) is 5.26 Å². The maximum Gasteiger partial charge on any atom is 0.149 e. The fourth-order valence-electron chi connectivity index (χ4n) is 0.875. The third-order valence-corrected chi connectivity index (χ3v) is 1.63. The minimum Gasteiger partial charge on any atom is -0.356 e. The van der Waals surface area contributed by atoms with Gasteiger partial charge in [0, 0.05) is 0 Å². The molecule has 0 aliphatic heterocycles. The molecule has 0 amide bonds. The second-order valence-electron chi connectivity index (χ2n) is 3.01. The summed E-state index contributed by atoms with van der Waals surface area (Å²) in [5.41, 5.74) is 0.961. The molecule has 1 N–H and O–H groups in total. The van der Waals surface area contributed by atoms with E-state index in [9.17, 15) is 0 Å². The molecule has 0 fully saturated rings. The first-order valence-electron chi connectivity index (χ1n) is 4.18. The normalized spacial score (nSPS) is 9.69. The van der Waals surface area contributed by atoms with E-state index >= 15 is 0 Å². The molecule has 13 heavy (non-hydrogen) atoms. The van der Waals surface area contributed by atoms with E-state index in [1.165, 1.54) is 0 Å². The van der Waals surface area contributed by atoms with Gasteiger partial charge in [0.1, 0.15) is 12.4 Å². The van der Waals surface area contributed by atoms with Gasteiger partial charge >= 0.3 is 0 Å². The van der Waals surface area contributed by atoms with E-state index < -0.39 is 0 Å². The fourth-order valence-corrected chi connectivity index (χ4v) is 0.875. The molecule has 1 heterocycles. The summed E-state index contributed by atoms with van der Waals surface area (Å²) in [5.74, 6) is 1.03. The van der Waals surface area contributed by atoms with Crippen molar-refractivity contribution in [3.63, 3.8) is 0 Å². The minimum atomic E-state index is 0.260. The molecule has 1 rings (SSSR count). The van der Waals surface area contributed by atoms with Gasteiger partial charge in [0.25, 0.3) is 0 Å². The summed E-state index contributed by atoms with van der Waals surface area (Å²) in [7, 11) is 0. The van der Waals surface area contributed by atoms with Gasteiger partial charge in [0.15, 0.2) is 0 Å². The molecule has 0 aliphatic carbocycles. The molecule has 0 saturated heterocycles. The predicted molar refractivity (Wildman–Crippen MR) is 50.2 cm³/mol. The lowest BCUT2D eigenvalue weighted by Crippen LogP contribution is -2.03. The molecule has 0 unspecified atom stereocenters. The largest absolute Gasteiger partial charge is 0.356 e. The second kappa shape index (κ2) is 4.41. The van der Waals surface area contributed by atoms with Gasteiger partial charge in [0.05, 0.1) is 11.8 Å². The average molecular weight is 176 g/mol. The Balaban J connectivity index is 2.65. The number of nitriles is 1. The van der Waals surface area contributed by atoms with Crippen LogP contribution in [0.3, 0.4) is 0 Å². The molecule has 0 atom stereocenters.